The van der Waals surface area contributed by atoms with E-state index < -0.39 is 24.1 Å². The van der Waals surface area contributed by atoms with Crippen molar-refractivity contribution in [2.75, 3.05) is 6.54 Å². The van der Waals surface area contributed by atoms with Gasteiger partial charge in [0.15, 0.2) is 0 Å². The van der Waals surface area contributed by atoms with Crippen molar-refractivity contribution >= 4 is 28.8 Å². The zero-order valence-electron chi connectivity index (χ0n) is 21.1. The third kappa shape index (κ3) is 6.76. The quantitative estimate of drug-likeness (QED) is 0.219. The standard InChI is InChI=1S/C31H29NO6/c1-2-32(31(36)37-21-23-9-4-3-5-10-23)28(30(34)35)19-22-15-17-26(18-16-22)38-29(33)20-25-13-8-12-24-11-6-7-14-27(24)25/h3-18,28H,2,19-21H2,1H3,(H,34,35)/t28-/m0/s1. The summed E-state index contributed by atoms with van der Waals surface area (Å²) in [5.74, 6) is -1.16. The number of aliphatic carboxylic acids is 1. The van der Waals surface area contributed by atoms with Gasteiger partial charge in [0.05, 0.1) is 6.42 Å². The first-order valence-corrected chi connectivity index (χ1v) is 12.4. The van der Waals surface area contributed by atoms with E-state index in [4.69, 9.17) is 9.47 Å². The molecule has 0 bridgehead atoms. The van der Waals surface area contributed by atoms with E-state index in [9.17, 15) is 19.5 Å². The number of fused-ring (bicyclic) bond motifs is 1. The summed E-state index contributed by atoms with van der Waals surface area (Å²) < 4.78 is 10.9. The number of rotatable bonds is 10. The van der Waals surface area contributed by atoms with Gasteiger partial charge in [-0.25, -0.2) is 9.59 Å². The summed E-state index contributed by atoms with van der Waals surface area (Å²) in [6, 6.07) is 28.4. The number of benzene rings is 4. The third-order valence-electron chi connectivity index (χ3n) is 6.24. The monoisotopic (exact) mass is 511 g/mol. The van der Waals surface area contributed by atoms with Crippen molar-refractivity contribution in [2.24, 2.45) is 0 Å². The molecule has 4 aromatic rings. The summed E-state index contributed by atoms with van der Waals surface area (Å²) in [6.07, 6.45) is -0.489. The largest absolute Gasteiger partial charge is 0.480 e. The average Bonchev–Trinajstić information content (AvgIpc) is 2.93. The van der Waals surface area contributed by atoms with E-state index in [2.05, 4.69) is 0 Å². The topological polar surface area (TPSA) is 93.1 Å². The van der Waals surface area contributed by atoms with Gasteiger partial charge in [-0.15, -0.1) is 0 Å². The highest BCUT2D eigenvalue weighted by molar-refractivity contribution is 5.89. The summed E-state index contributed by atoms with van der Waals surface area (Å²) in [5.41, 5.74) is 2.38. The number of ether oxygens (including phenoxy) is 2. The third-order valence-corrected chi connectivity index (χ3v) is 6.24. The van der Waals surface area contributed by atoms with E-state index in [0.29, 0.717) is 11.3 Å². The fraction of sp³-hybridized carbons (Fsp3) is 0.194. The number of esters is 1. The Hall–Kier alpha value is -4.65. The molecule has 1 N–H and O–H groups in total. The summed E-state index contributed by atoms with van der Waals surface area (Å²) in [7, 11) is 0. The Bertz CT molecular complexity index is 1400. The zero-order valence-corrected chi connectivity index (χ0v) is 21.1. The summed E-state index contributed by atoms with van der Waals surface area (Å²) in [6.45, 7) is 1.94. The van der Waals surface area contributed by atoms with Crippen LogP contribution in [0, 0.1) is 0 Å². The van der Waals surface area contributed by atoms with Crippen molar-refractivity contribution < 1.29 is 29.0 Å². The molecule has 0 aromatic heterocycles. The van der Waals surface area contributed by atoms with Crippen LogP contribution in [-0.2, 0) is 33.8 Å². The molecule has 7 heteroatoms. The SMILES string of the molecule is CCN(C(=O)OCc1ccccc1)[C@@H](Cc1ccc(OC(=O)Cc2cccc3ccccc23)cc1)C(=O)O. The zero-order chi connectivity index (χ0) is 26.9. The Morgan fingerprint density at radius 2 is 1.50 bits per heavy atom. The number of amides is 1. The van der Waals surface area contributed by atoms with E-state index in [1.54, 1.807) is 31.2 Å². The summed E-state index contributed by atoms with van der Waals surface area (Å²) in [4.78, 5) is 38.5. The van der Waals surface area contributed by atoms with Crippen molar-refractivity contribution in [1.82, 2.24) is 4.90 Å². The maximum Gasteiger partial charge on any atom is 0.410 e. The lowest BCUT2D eigenvalue weighted by atomic mass is 10.0. The second-order valence-electron chi connectivity index (χ2n) is 8.82. The van der Waals surface area contributed by atoms with Crippen LogP contribution in [0.5, 0.6) is 5.75 Å². The van der Waals surface area contributed by atoms with Gasteiger partial charge in [-0.3, -0.25) is 9.69 Å². The highest BCUT2D eigenvalue weighted by Gasteiger charge is 2.30. The number of hydrogen-bond donors (Lipinski definition) is 1. The maximum absolute atomic E-state index is 12.7. The Balaban J connectivity index is 1.37. The molecule has 0 radical (unpaired) electrons. The number of carboxylic acids is 1. The minimum Gasteiger partial charge on any atom is -0.480 e. The molecule has 0 aliphatic rings. The molecule has 4 rings (SSSR count). The molecule has 0 saturated heterocycles. The van der Waals surface area contributed by atoms with Crippen LogP contribution in [0.4, 0.5) is 4.79 Å². The highest BCUT2D eigenvalue weighted by Crippen LogP contribution is 2.21. The summed E-state index contributed by atoms with van der Waals surface area (Å²) in [5, 5.41) is 11.9. The van der Waals surface area contributed by atoms with Crippen molar-refractivity contribution in [3.63, 3.8) is 0 Å². The van der Waals surface area contributed by atoms with Gasteiger partial charge in [-0.05, 0) is 46.5 Å². The Labute approximate surface area is 221 Å². The molecule has 7 nitrogen and oxygen atoms in total. The van der Waals surface area contributed by atoms with Crippen LogP contribution in [0.1, 0.15) is 23.6 Å². The first-order chi connectivity index (χ1) is 18.4. The molecular weight excluding hydrogens is 482 g/mol. The molecule has 0 fully saturated rings. The van der Waals surface area contributed by atoms with Crippen LogP contribution in [0.15, 0.2) is 97.1 Å². The fourth-order valence-electron chi connectivity index (χ4n) is 4.30. The van der Waals surface area contributed by atoms with Crippen molar-refractivity contribution in [3.8, 4) is 5.75 Å². The molecule has 194 valence electrons. The van der Waals surface area contributed by atoms with Crippen LogP contribution in [0.3, 0.4) is 0 Å². The Morgan fingerprint density at radius 3 is 2.21 bits per heavy atom. The molecule has 0 spiro atoms. The van der Waals surface area contributed by atoms with E-state index in [-0.39, 0.29) is 26.0 Å². The minimum atomic E-state index is -1.13. The van der Waals surface area contributed by atoms with Crippen LogP contribution in [0.25, 0.3) is 10.8 Å². The van der Waals surface area contributed by atoms with Gasteiger partial charge in [0.1, 0.15) is 18.4 Å². The molecule has 0 aliphatic heterocycles. The molecule has 38 heavy (non-hydrogen) atoms. The van der Waals surface area contributed by atoms with Crippen LogP contribution < -0.4 is 4.74 Å². The lowest BCUT2D eigenvalue weighted by Gasteiger charge is -2.27. The van der Waals surface area contributed by atoms with E-state index in [0.717, 1.165) is 21.9 Å². The van der Waals surface area contributed by atoms with E-state index in [1.165, 1.54) is 4.90 Å². The highest BCUT2D eigenvalue weighted by atomic mass is 16.6. The number of likely N-dealkylation sites (N-methyl/N-ethyl adjacent to an activating group) is 1. The number of carbonyl (C=O) groups is 3. The van der Waals surface area contributed by atoms with Gasteiger partial charge in [-0.2, -0.15) is 0 Å². The van der Waals surface area contributed by atoms with Crippen molar-refractivity contribution in [2.45, 2.75) is 32.4 Å². The fourth-order valence-corrected chi connectivity index (χ4v) is 4.30. The average molecular weight is 512 g/mol. The smallest absolute Gasteiger partial charge is 0.410 e. The molecule has 0 unspecified atom stereocenters. The number of nitrogens with zero attached hydrogens (tertiary/aromatic N) is 1. The van der Waals surface area contributed by atoms with Gasteiger partial charge in [0.25, 0.3) is 0 Å². The molecule has 1 atom stereocenters. The van der Waals surface area contributed by atoms with Gasteiger partial charge < -0.3 is 14.6 Å². The maximum atomic E-state index is 12.7. The molecule has 1 amide bonds. The minimum absolute atomic E-state index is 0.0569. The Kier molecular flexibility index (Phi) is 8.72. The molecule has 0 heterocycles. The lowest BCUT2D eigenvalue weighted by Crippen LogP contribution is -2.46. The second-order valence-corrected chi connectivity index (χ2v) is 8.82. The molecule has 4 aromatic carbocycles. The van der Waals surface area contributed by atoms with E-state index in [1.807, 2.05) is 72.8 Å². The molecule has 0 saturated carbocycles. The number of carboxylic acid groups (broad SMARTS) is 1. The van der Waals surface area contributed by atoms with E-state index >= 15 is 0 Å². The second kappa shape index (κ2) is 12.5. The van der Waals surface area contributed by atoms with Gasteiger partial charge >= 0.3 is 18.0 Å². The van der Waals surface area contributed by atoms with Crippen LogP contribution in [-0.4, -0.2) is 40.6 Å². The van der Waals surface area contributed by atoms with Gasteiger partial charge in [0.2, 0.25) is 0 Å². The molecular formula is C31H29NO6. The summed E-state index contributed by atoms with van der Waals surface area (Å²) >= 11 is 0. The first kappa shape index (κ1) is 26.4. The van der Waals surface area contributed by atoms with Crippen LogP contribution in [0.2, 0.25) is 0 Å². The van der Waals surface area contributed by atoms with Crippen molar-refractivity contribution in [3.05, 3.63) is 114 Å². The number of carbonyl (C=O) groups excluding carboxylic acids is 2. The normalized spacial score (nSPS) is 11.5. The predicted molar refractivity (Wildman–Crippen MR) is 144 cm³/mol. The van der Waals surface area contributed by atoms with Gasteiger partial charge in [-0.1, -0.05) is 84.9 Å². The van der Waals surface area contributed by atoms with Gasteiger partial charge in [0, 0.05) is 13.0 Å². The lowest BCUT2D eigenvalue weighted by molar-refractivity contribution is -0.142. The van der Waals surface area contributed by atoms with Crippen molar-refractivity contribution in [1.29, 1.82) is 0 Å². The predicted octanol–water partition coefficient (Wildman–Crippen LogP) is 5.64. The molecule has 0 aliphatic carbocycles. The number of hydrogen-bond acceptors (Lipinski definition) is 5. The van der Waals surface area contributed by atoms with Crippen LogP contribution >= 0.6 is 0 Å². The Morgan fingerprint density at radius 1 is 0.816 bits per heavy atom. The first-order valence-electron chi connectivity index (χ1n) is 12.4.